The van der Waals surface area contributed by atoms with Crippen LogP contribution < -0.4 is 4.74 Å². The van der Waals surface area contributed by atoms with E-state index in [0.29, 0.717) is 0 Å². The van der Waals surface area contributed by atoms with Crippen molar-refractivity contribution in [2.24, 2.45) is 0 Å². The van der Waals surface area contributed by atoms with Crippen LogP contribution in [0.3, 0.4) is 0 Å². The van der Waals surface area contributed by atoms with Crippen LogP contribution >= 0.6 is 11.6 Å². The van der Waals surface area contributed by atoms with E-state index in [4.69, 9.17) is 11.6 Å². The minimum absolute atomic E-state index is 0.576. The third-order valence-corrected chi connectivity index (χ3v) is 1.53. The molecule has 0 spiro atoms. The highest BCUT2D eigenvalue weighted by Gasteiger charge is 2.38. The Hall–Kier alpha value is -1.04. The molecule has 0 saturated heterocycles. The summed E-state index contributed by atoms with van der Waals surface area (Å²) < 4.78 is 41.2. The van der Waals surface area contributed by atoms with E-state index in [9.17, 15) is 13.2 Å². The molecule has 1 rings (SSSR count). The summed E-state index contributed by atoms with van der Waals surface area (Å²) in [6, 6.07) is 0. The lowest BCUT2D eigenvalue weighted by molar-refractivity contribution is -0.139. The Morgan fingerprint density at radius 3 is 2.38 bits per heavy atom. The Kier molecular flexibility index (Phi) is 2.60. The van der Waals surface area contributed by atoms with Gasteiger partial charge in [0.15, 0.2) is 5.56 Å². The van der Waals surface area contributed by atoms with Crippen molar-refractivity contribution in [3.05, 3.63) is 17.0 Å². The minimum Gasteiger partial charge on any atom is -0.480 e. The first-order chi connectivity index (χ1) is 5.96. The van der Waals surface area contributed by atoms with Crippen molar-refractivity contribution in [2.75, 3.05) is 7.11 Å². The Labute approximate surface area is 76.5 Å². The molecule has 0 aliphatic rings. The molecule has 0 aromatic carbocycles. The van der Waals surface area contributed by atoms with E-state index < -0.39 is 22.8 Å². The van der Waals surface area contributed by atoms with Gasteiger partial charge >= 0.3 is 6.18 Å². The van der Waals surface area contributed by atoms with Crippen molar-refractivity contribution in [1.82, 2.24) is 9.97 Å². The second-order valence-corrected chi connectivity index (χ2v) is 2.40. The van der Waals surface area contributed by atoms with Crippen LogP contribution in [0.25, 0.3) is 0 Å². The lowest BCUT2D eigenvalue weighted by atomic mass is 10.3. The molecule has 0 aliphatic carbocycles. The minimum atomic E-state index is -4.61. The predicted molar refractivity (Wildman–Crippen MR) is 38.6 cm³/mol. The molecule has 0 unspecified atom stereocenters. The Morgan fingerprint density at radius 2 is 2.00 bits per heavy atom. The fourth-order valence-corrected chi connectivity index (χ4v) is 0.974. The quantitative estimate of drug-likeness (QED) is 0.669. The number of alkyl halides is 3. The lowest BCUT2D eigenvalue weighted by Crippen LogP contribution is -2.10. The molecule has 7 heteroatoms. The molecule has 1 aromatic heterocycles. The van der Waals surface area contributed by atoms with Gasteiger partial charge < -0.3 is 4.74 Å². The third kappa shape index (κ3) is 2.00. The zero-order chi connectivity index (χ0) is 10.1. The van der Waals surface area contributed by atoms with E-state index in [1.807, 2.05) is 0 Å². The van der Waals surface area contributed by atoms with Crippen molar-refractivity contribution in [3.63, 3.8) is 0 Å². The van der Waals surface area contributed by atoms with Gasteiger partial charge in [-0.1, -0.05) is 11.6 Å². The van der Waals surface area contributed by atoms with Crippen molar-refractivity contribution >= 4 is 11.6 Å². The summed E-state index contributed by atoms with van der Waals surface area (Å²) in [5, 5.41) is -0.667. The van der Waals surface area contributed by atoms with Crippen molar-refractivity contribution in [1.29, 1.82) is 0 Å². The van der Waals surface area contributed by atoms with E-state index in [0.717, 1.165) is 13.4 Å². The monoisotopic (exact) mass is 212 g/mol. The Bertz CT molecular complexity index is 315. The second kappa shape index (κ2) is 3.37. The van der Waals surface area contributed by atoms with E-state index in [1.54, 1.807) is 0 Å². The third-order valence-electron chi connectivity index (χ3n) is 1.24. The molecule has 0 fully saturated rings. The van der Waals surface area contributed by atoms with E-state index in [1.165, 1.54) is 0 Å². The van der Waals surface area contributed by atoms with Crippen LogP contribution in [0.1, 0.15) is 5.56 Å². The first-order valence-electron chi connectivity index (χ1n) is 3.08. The Morgan fingerprint density at radius 1 is 1.38 bits per heavy atom. The summed E-state index contributed by atoms with van der Waals surface area (Å²) in [6.07, 6.45) is -3.71. The lowest BCUT2D eigenvalue weighted by Gasteiger charge is -2.10. The summed E-state index contributed by atoms with van der Waals surface area (Å²) in [4.78, 5) is 6.50. The van der Waals surface area contributed by atoms with Crippen molar-refractivity contribution in [3.8, 4) is 5.88 Å². The largest absolute Gasteiger partial charge is 0.480 e. The average molecular weight is 213 g/mol. The van der Waals surface area contributed by atoms with Gasteiger partial charge in [-0.2, -0.15) is 13.2 Å². The number of nitrogens with zero attached hydrogens (tertiary/aromatic N) is 2. The van der Waals surface area contributed by atoms with Crippen LogP contribution in [0, 0.1) is 0 Å². The molecule has 0 radical (unpaired) electrons. The maximum atomic E-state index is 12.3. The van der Waals surface area contributed by atoms with E-state index in [2.05, 4.69) is 14.7 Å². The van der Waals surface area contributed by atoms with Crippen LogP contribution in [0.4, 0.5) is 13.2 Å². The molecular weight excluding hydrogens is 209 g/mol. The molecule has 0 atom stereocenters. The van der Waals surface area contributed by atoms with Crippen LogP contribution in [0.5, 0.6) is 5.88 Å². The van der Waals surface area contributed by atoms with E-state index in [-0.39, 0.29) is 0 Å². The molecule has 0 bridgehead atoms. The molecule has 0 aliphatic heterocycles. The van der Waals surface area contributed by atoms with Gasteiger partial charge in [-0.25, -0.2) is 9.97 Å². The number of aromatic nitrogens is 2. The van der Waals surface area contributed by atoms with Gasteiger partial charge in [0, 0.05) is 0 Å². The van der Waals surface area contributed by atoms with Crippen molar-refractivity contribution < 1.29 is 17.9 Å². The van der Waals surface area contributed by atoms with Crippen LogP contribution in [-0.4, -0.2) is 17.1 Å². The highest BCUT2D eigenvalue weighted by atomic mass is 35.5. The summed E-state index contributed by atoms with van der Waals surface area (Å²) in [5.41, 5.74) is -1.15. The molecule has 1 aromatic rings. The van der Waals surface area contributed by atoms with Crippen molar-refractivity contribution in [2.45, 2.75) is 6.18 Å². The van der Waals surface area contributed by atoms with Gasteiger partial charge in [0.05, 0.1) is 7.11 Å². The molecule has 0 N–H and O–H groups in total. The summed E-state index contributed by atoms with van der Waals surface area (Å²) >= 11 is 5.24. The first-order valence-corrected chi connectivity index (χ1v) is 3.46. The fourth-order valence-electron chi connectivity index (χ4n) is 0.742. The number of methoxy groups -OCH3 is 1. The summed E-state index contributed by atoms with van der Waals surface area (Å²) in [5.74, 6) is -0.576. The van der Waals surface area contributed by atoms with Gasteiger partial charge in [0.1, 0.15) is 11.5 Å². The highest BCUT2D eigenvalue weighted by Crippen LogP contribution is 2.38. The SMILES string of the molecule is COc1ncnc(Cl)c1C(F)(F)F. The van der Waals surface area contributed by atoms with Gasteiger partial charge in [-0.15, -0.1) is 0 Å². The smallest absolute Gasteiger partial charge is 0.424 e. The number of hydrogen-bond donors (Lipinski definition) is 0. The number of hydrogen-bond acceptors (Lipinski definition) is 3. The zero-order valence-corrected chi connectivity index (χ0v) is 7.15. The standard InChI is InChI=1S/C6H4ClF3N2O/c1-13-5-3(6(8,9)10)4(7)11-2-12-5/h2H,1H3. The molecule has 72 valence electrons. The number of rotatable bonds is 1. The van der Waals surface area contributed by atoms with Gasteiger partial charge in [-0.05, 0) is 0 Å². The first kappa shape index (κ1) is 10.0. The van der Waals surface area contributed by atoms with E-state index >= 15 is 0 Å². The average Bonchev–Trinajstić information content (AvgIpc) is 2.01. The number of halogens is 4. The molecule has 0 saturated carbocycles. The predicted octanol–water partition coefficient (Wildman–Crippen LogP) is 2.16. The fraction of sp³-hybridized carbons (Fsp3) is 0.333. The molecule has 13 heavy (non-hydrogen) atoms. The topological polar surface area (TPSA) is 35.0 Å². The summed E-state index contributed by atoms with van der Waals surface area (Å²) in [7, 11) is 1.08. The molecule has 3 nitrogen and oxygen atoms in total. The molecule has 1 heterocycles. The molecular formula is C6H4ClF3N2O. The second-order valence-electron chi connectivity index (χ2n) is 2.05. The normalized spacial score (nSPS) is 11.5. The summed E-state index contributed by atoms with van der Waals surface area (Å²) in [6.45, 7) is 0. The van der Waals surface area contributed by atoms with Gasteiger partial charge in [0.25, 0.3) is 0 Å². The van der Waals surface area contributed by atoms with Crippen LogP contribution in [0.2, 0.25) is 5.15 Å². The van der Waals surface area contributed by atoms with Gasteiger partial charge in [0.2, 0.25) is 5.88 Å². The maximum absolute atomic E-state index is 12.3. The highest BCUT2D eigenvalue weighted by molar-refractivity contribution is 6.30. The van der Waals surface area contributed by atoms with Crippen LogP contribution in [-0.2, 0) is 6.18 Å². The zero-order valence-electron chi connectivity index (χ0n) is 6.39. The molecule has 0 amide bonds. The maximum Gasteiger partial charge on any atom is 0.424 e. The number of ether oxygens (including phenoxy) is 1. The Balaban J connectivity index is 3.32. The van der Waals surface area contributed by atoms with Crippen LogP contribution in [0.15, 0.2) is 6.33 Å². The van der Waals surface area contributed by atoms with Gasteiger partial charge in [-0.3, -0.25) is 0 Å².